The predicted octanol–water partition coefficient (Wildman–Crippen LogP) is 3.05. The SMILES string of the molecule is C[C@@H](O)c1nc2cnc(Nc3ccnc(N4CCC(O)C(F)C4)n3)cc2n1[C@H](C)C(F)(F)F. The topological polar surface area (TPSA) is 112 Å². The number of aliphatic hydroxyl groups is 2. The maximum Gasteiger partial charge on any atom is 0.408 e. The van der Waals surface area contributed by atoms with Crippen molar-refractivity contribution in [2.45, 2.75) is 50.9 Å². The van der Waals surface area contributed by atoms with Gasteiger partial charge in [0.1, 0.15) is 41.3 Å². The Labute approximate surface area is 186 Å². The third kappa shape index (κ3) is 4.69. The first-order valence-electron chi connectivity index (χ1n) is 10.3. The van der Waals surface area contributed by atoms with Gasteiger partial charge >= 0.3 is 6.18 Å². The summed E-state index contributed by atoms with van der Waals surface area (Å²) in [6.45, 7) is 2.67. The van der Waals surface area contributed by atoms with E-state index < -0.39 is 30.6 Å². The molecule has 4 heterocycles. The molecule has 3 N–H and O–H groups in total. The van der Waals surface area contributed by atoms with E-state index in [0.29, 0.717) is 12.4 Å². The molecule has 2 unspecified atom stereocenters. The Kier molecular flexibility index (Phi) is 6.10. The van der Waals surface area contributed by atoms with Crippen molar-refractivity contribution in [3.8, 4) is 0 Å². The molecule has 1 fully saturated rings. The molecule has 1 saturated heterocycles. The Bertz CT molecular complexity index is 1140. The second-order valence-electron chi connectivity index (χ2n) is 7.98. The van der Waals surface area contributed by atoms with E-state index in [4.69, 9.17) is 0 Å². The molecule has 0 radical (unpaired) electrons. The summed E-state index contributed by atoms with van der Waals surface area (Å²) in [6, 6.07) is 1.02. The molecule has 4 rings (SSSR count). The van der Waals surface area contributed by atoms with E-state index in [0.717, 1.165) is 11.5 Å². The predicted molar refractivity (Wildman–Crippen MR) is 112 cm³/mol. The van der Waals surface area contributed by atoms with Crippen molar-refractivity contribution < 1.29 is 27.8 Å². The van der Waals surface area contributed by atoms with Gasteiger partial charge in [0.05, 0.1) is 24.4 Å². The van der Waals surface area contributed by atoms with Gasteiger partial charge in [0.15, 0.2) is 0 Å². The number of alkyl halides is 4. The number of aliphatic hydroxyl groups excluding tert-OH is 2. The van der Waals surface area contributed by atoms with Gasteiger partial charge < -0.3 is 25.0 Å². The molecule has 33 heavy (non-hydrogen) atoms. The zero-order chi connectivity index (χ0) is 23.9. The second kappa shape index (κ2) is 8.71. The lowest BCUT2D eigenvalue weighted by Crippen LogP contribution is -2.45. The molecular weight excluding hydrogens is 446 g/mol. The largest absolute Gasteiger partial charge is 0.408 e. The van der Waals surface area contributed by atoms with E-state index in [1.807, 2.05) is 0 Å². The van der Waals surface area contributed by atoms with E-state index in [2.05, 4.69) is 25.3 Å². The summed E-state index contributed by atoms with van der Waals surface area (Å²) in [7, 11) is 0. The van der Waals surface area contributed by atoms with Gasteiger partial charge in [-0.05, 0) is 26.3 Å². The second-order valence-corrected chi connectivity index (χ2v) is 7.98. The average Bonchev–Trinajstić information content (AvgIpc) is 3.13. The summed E-state index contributed by atoms with van der Waals surface area (Å²) < 4.78 is 55.3. The van der Waals surface area contributed by atoms with Gasteiger partial charge in [-0.2, -0.15) is 18.2 Å². The van der Waals surface area contributed by atoms with Crippen LogP contribution in [-0.4, -0.2) is 66.3 Å². The molecule has 0 aliphatic carbocycles. The van der Waals surface area contributed by atoms with E-state index >= 15 is 0 Å². The van der Waals surface area contributed by atoms with Crippen LogP contribution < -0.4 is 10.2 Å². The van der Waals surface area contributed by atoms with Crippen LogP contribution in [-0.2, 0) is 0 Å². The highest BCUT2D eigenvalue weighted by Gasteiger charge is 2.40. The summed E-state index contributed by atoms with van der Waals surface area (Å²) in [5.41, 5.74) is 0.351. The minimum Gasteiger partial charge on any atom is -0.390 e. The fourth-order valence-corrected chi connectivity index (χ4v) is 3.71. The summed E-state index contributed by atoms with van der Waals surface area (Å²) in [4.78, 5) is 18.4. The molecule has 0 spiro atoms. The van der Waals surface area contributed by atoms with Crippen LogP contribution in [0.25, 0.3) is 11.0 Å². The number of nitrogens with one attached hydrogen (secondary N) is 1. The number of hydrogen-bond donors (Lipinski definition) is 3. The molecule has 0 bridgehead atoms. The molecular formula is C20H23F4N7O2. The number of fused-ring (bicyclic) bond motifs is 1. The molecule has 4 atom stereocenters. The van der Waals surface area contributed by atoms with Crippen LogP contribution in [0.5, 0.6) is 0 Å². The highest BCUT2D eigenvalue weighted by atomic mass is 19.4. The zero-order valence-corrected chi connectivity index (χ0v) is 17.8. The number of pyridine rings is 1. The molecule has 0 amide bonds. The Morgan fingerprint density at radius 2 is 1.94 bits per heavy atom. The molecule has 3 aromatic heterocycles. The number of rotatable bonds is 5. The summed E-state index contributed by atoms with van der Waals surface area (Å²) in [6.07, 6.45) is -5.19. The molecule has 13 heteroatoms. The molecule has 1 aliphatic rings. The first-order chi connectivity index (χ1) is 15.5. The Morgan fingerprint density at radius 1 is 1.18 bits per heavy atom. The van der Waals surface area contributed by atoms with Gasteiger partial charge in [-0.1, -0.05) is 0 Å². The maximum atomic E-state index is 13.9. The number of hydrogen-bond acceptors (Lipinski definition) is 8. The van der Waals surface area contributed by atoms with Gasteiger partial charge in [-0.15, -0.1) is 0 Å². The number of halogens is 4. The molecule has 0 saturated carbocycles. The highest BCUT2D eigenvalue weighted by Crippen LogP contribution is 2.36. The van der Waals surface area contributed by atoms with Crippen molar-refractivity contribution in [3.63, 3.8) is 0 Å². The number of anilines is 3. The molecule has 9 nitrogen and oxygen atoms in total. The lowest BCUT2D eigenvalue weighted by molar-refractivity contribution is -0.163. The van der Waals surface area contributed by atoms with Crippen LogP contribution in [0.3, 0.4) is 0 Å². The summed E-state index contributed by atoms with van der Waals surface area (Å²) in [5.74, 6) is 0.644. The minimum atomic E-state index is -4.55. The number of nitrogens with zero attached hydrogens (tertiary/aromatic N) is 6. The average molecular weight is 469 g/mol. The van der Waals surface area contributed by atoms with Crippen LogP contribution in [0.2, 0.25) is 0 Å². The fraction of sp³-hybridized carbons (Fsp3) is 0.500. The number of aromatic nitrogens is 5. The Hall–Kier alpha value is -3.06. The van der Waals surface area contributed by atoms with Crippen molar-refractivity contribution in [1.29, 1.82) is 0 Å². The lowest BCUT2D eigenvalue weighted by atomic mass is 10.1. The summed E-state index contributed by atoms with van der Waals surface area (Å²) >= 11 is 0. The van der Waals surface area contributed by atoms with Crippen molar-refractivity contribution in [2.75, 3.05) is 23.3 Å². The lowest BCUT2D eigenvalue weighted by Gasteiger charge is -2.32. The van der Waals surface area contributed by atoms with E-state index in [1.165, 1.54) is 31.5 Å². The van der Waals surface area contributed by atoms with Crippen LogP contribution in [0.1, 0.15) is 38.2 Å². The van der Waals surface area contributed by atoms with Crippen molar-refractivity contribution in [1.82, 2.24) is 24.5 Å². The van der Waals surface area contributed by atoms with E-state index in [-0.39, 0.29) is 41.6 Å². The number of piperidine rings is 1. The van der Waals surface area contributed by atoms with Gasteiger partial charge in [-0.3, -0.25) is 0 Å². The third-order valence-corrected chi connectivity index (χ3v) is 5.53. The fourth-order valence-electron chi connectivity index (χ4n) is 3.71. The van der Waals surface area contributed by atoms with Gasteiger partial charge in [0.25, 0.3) is 0 Å². The Balaban J connectivity index is 1.65. The van der Waals surface area contributed by atoms with Crippen LogP contribution in [0.15, 0.2) is 24.5 Å². The monoisotopic (exact) mass is 469 g/mol. The standard InChI is InChI=1S/C20H23F4N7O2/c1-10(32)18-27-13-8-26-17(7-14(13)31(18)11(2)20(22,23)24)28-16-3-5-25-19(29-16)30-6-4-15(33)12(21)9-30/h3,5,7-8,10-12,15,32-33H,4,6,9H2,1-2H3,(H,25,26,28,29)/t10-,11-,12?,15?/m1/s1. The van der Waals surface area contributed by atoms with Crippen LogP contribution in [0, 0.1) is 0 Å². The third-order valence-electron chi connectivity index (χ3n) is 5.53. The van der Waals surface area contributed by atoms with Gasteiger partial charge in [0, 0.05) is 18.8 Å². The number of imidazole rings is 1. The van der Waals surface area contributed by atoms with Crippen LogP contribution in [0.4, 0.5) is 35.1 Å². The zero-order valence-electron chi connectivity index (χ0n) is 17.8. The molecule has 1 aliphatic heterocycles. The van der Waals surface area contributed by atoms with E-state index in [1.54, 1.807) is 4.90 Å². The molecule has 0 aromatic carbocycles. The highest BCUT2D eigenvalue weighted by molar-refractivity contribution is 5.79. The van der Waals surface area contributed by atoms with Crippen LogP contribution >= 0.6 is 0 Å². The minimum absolute atomic E-state index is 0.0501. The Morgan fingerprint density at radius 3 is 2.61 bits per heavy atom. The first-order valence-corrected chi connectivity index (χ1v) is 10.3. The quantitative estimate of drug-likeness (QED) is 0.489. The van der Waals surface area contributed by atoms with E-state index in [9.17, 15) is 27.8 Å². The van der Waals surface area contributed by atoms with Crippen molar-refractivity contribution >= 4 is 28.6 Å². The maximum absolute atomic E-state index is 13.9. The smallest absolute Gasteiger partial charge is 0.390 e. The van der Waals surface area contributed by atoms with Gasteiger partial charge in [-0.25, -0.2) is 19.3 Å². The normalized spacial score (nSPS) is 21.3. The molecule has 178 valence electrons. The van der Waals surface area contributed by atoms with Crippen molar-refractivity contribution in [2.24, 2.45) is 0 Å². The molecule has 3 aromatic rings. The first kappa shape index (κ1) is 23.1. The van der Waals surface area contributed by atoms with Crippen molar-refractivity contribution in [3.05, 3.63) is 30.4 Å². The summed E-state index contributed by atoms with van der Waals surface area (Å²) in [5, 5.41) is 22.5. The van der Waals surface area contributed by atoms with Gasteiger partial charge in [0.2, 0.25) is 5.95 Å².